The van der Waals surface area contributed by atoms with Crippen LogP contribution in [0.3, 0.4) is 0 Å². The molecule has 0 amide bonds. The number of rotatable bonds is 5. The Labute approximate surface area is 193 Å². The number of fused-ring (bicyclic) bond motifs is 1. The van der Waals surface area contributed by atoms with E-state index in [0.29, 0.717) is 22.1 Å². The third-order valence-corrected chi connectivity index (χ3v) is 5.87. The lowest BCUT2D eigenvalue weighted by Crippen LogP contribution is -2.06. The molecule has 0 aliphatic carbocycles. The van der Waals surface area contributed by atoms with Gasteiger partial charge in [-0.3, -0.25) is 9.59 Å². The van der Waals surface area contributed by atoms with Gasteiger partial charge in [-0.15, -0.1) is 0 Å². The van der Waals surface area contributed by atoms with Gasteiger partial charge in [0.05, 0.1) is 16.3 Å². The number of ketones is 2. The smallest absolute Gasteiger partial charge is 0.209 e. The molecule has 5 rings (SSSR count). The Morgan fingerprint density at radius 2 is 1.64 bits per heavy atom. The predicted octanol–water partition coefficient (Wildman–Crippen LogP) is 6.00. The standard InChI is InChI=1S/C26H17ClFN3O2/c27-18-11-10-15(12-19(18)28)21-22(25(33)17-13-30-20-9-5-4-8-16(17)20)26(29)31-23(21)24(32)14-6-2-1-3-7-14/h1-13,30-31H,29H2. The first-order valence-corrected chi connectivity index (χ1v) is 10.5. The van der Waals surface area contributed by atoms with Crippen LogP contribution in [-0.4, -0.2) is 21.5 Å². The van der Waals surface area contributed by atoms with Crippen LogP contribution in [-0.2, 0) is 0 Å². The Kier molecular flexibility index (Phi) is 5.07. The number of nitrogens with one attached hydrogen (secondary N) is 2. The number of aromatic amines is 2. The molecule has 3 aromatic carbocycles. The van der Waals surface area contributed by atoms with Crippen molar-refractivity contribution in [2.24, 2.45) is 0 Å². The Balaban J connectivity index is 1.76. The van der Waals surface area contributed by atoms with Crippen molar-refractivity contribution in [2.45, 2.75) is 0 Å². The van der Waals surface area contributed by atoms with Crippen molar-refractivity contribution in [3.05, 3.63) is 112 Å². The number of para-hydroxylation sites is 1. The van der Waals surface area contributed by atoms with E-state index in [0.717, 1.165) is 5.52 Å². The van der Waals surface area contributed by atoms with Crippen LogP contribution in [0.25, 0.3) is 22.0 Å². The monoisotopic (exact) mass is 457 g/mol. The quantitative estimate of drug-likeness (QED) is 0.283. The van der Waals surface area contributed by atoms with E-state index in [2.05, 4.69) is 9.97 Å². The van der Waals surface area contributed by atoms with Gasteiger partial charge in [0, 0.05) is 33.8 Å². The first-order chi connectivity index (χ1) is 16.0. The molecule has 5 nitrogen and oxygen atoms in total. The Hall–Kier alpha value is -4.16. The van der Waals surface area contributed by atoms with Gasteiger partial charge < -0.3 is 15.7 Å². The highest BCUT2D eigenvalue weighted by atomic mass is 35.5. The number of nitrogens with two attached hydrogens (primary N) is 1. The minimum Gasteiger partial charge on any atom is -0.385 e. The summed E-state index contributed by atoms with van der Waals surface area (Å²) in [5, 5.41) is 0.648. The van der Waals surface area contributed by atoms with Crippen molar-refractivity contribution in [1.82, 2.24) is 9.97 Å². The second kappa shape index (κ2) is 8.07. The summed E-state index contributed by atoms with van der Waals surface area (Å²) in [5.74, 6) is -1.41. The van der Waals surface area contributed by atoms with E-state index in [-0.39, 0.29) is 33.4 Å². The lowest BCUT2D eigenvalue weighted by Gasteiger charge is -2.09. The fourth-order valence-corrected chi connectivity index (χ4v) is 4.11. The summed E-state index contributed by atoms with van der Waals surface area (Å²) in [4.78, 5) is 33.0. The van der Waals surface area contributed by atoms with Gasteiger partial charge in [0.2, 0.25) is 5.78 Å². The molecule has 2 aromatic heterocycles. The topological polar surface area (TPSA) is 91.7 Å². The van der Waals surface area contributed by atoms with E-state index in [1.807, 2.05) is 24.3 Å². The fourth-order valence-electron chi connectivity index (χ4n) is 3.99. The van der Waals surface area contributed by atoms with E-state index < -0.39 is 11.6 Å². The maximum Gasteiger partial charge on any atom is 0.209 e. The number of aromatic nitrogens is 2. The first-order valence-electron chi connectivity index (χ1n) is 10.1. The minimum atomic E-state index is -0.669. The molecule has 0 spiro atoms. The average molecular weight is 458 g/mol. The van der Waals surface area contributed by atoms with Crippen molar-refractivity contribution >= 4 is 39.9 Å². The summed E-state index contributed by atoms with van der Waals surface area (Å²) in [6.07, 6.45) is 1.60. The summed E-state index contributed by atoms with van der Waals surface area (Å²) in [5.41, 5.74) is 8.58. The van der Waals surface area contributed by atoms with Gasteiger partial charge in [0.25, 0.3) is 0 Å². The molecule has 5 aromatic rings. The largest absolute Gasteiger partial charge is 0.385 e. The van der Waals surface area contributed by atoms with Gasteiger partial charge in [-0.1, -0.05) is 66.2 Å². The molecular formula is C26H17ClFN3O2. The van der Waals surface area contributed by atoms with Crippen LogP contribution in [0.5, 0.6) is 0 Å². The maximum atomic E-state index is 14.4. The predicted molar refractivity (Wildman–Crippen MR) is 127 cm³/mol. The van der Waals surface area contributed by atoms with Crippen molar-refractivity contribution in [3.8, 4) is 11.1 Å². The van der Waals surface area contributed by atoms with Gasteiger partial charge in [-0.25, -0.2) is 4.39 Å². The number of nitrogen functional groups attached to an aromatic ring is 1. The van der Waals surface area contributed by atoms with E-state index in [1.165, 1.54) is 12.1 Å². The number of hydrogen-bond acceptors (Lipinski definition) is 3. The van der Waals surface area contributed by atoms with Crippen LogP contribution in [0, 0.1) is 5.82 Å². The lowest BCUT2D eigenvalue weighted by molar-refractivity contribution is 0.103. The van der Waals surface area contributed by atoms with E-state index in [4.69, 9.17) is 17.3 Å². The third kappa shape index (κ3) is 3.50. The van der Waals surface area contributed by atoms with Crippen molar-refractivity contribution in [1.29, 1.82) is 0 Å². The molecular weight excluding hydrogens is 441 g/mol. The van der Waals surface area contributed by atoms with Crippen LogP contribution in [0.1, 0.15) is 32.0 Å². The highest BCUT2D eigenvalue weighted by molar-refractivity contribution is 6.31. The Bertz CT molecular complexity index is 1540. The molecule has 0 saturated carbocycles. The Morgan fingerprint density at radius 1 is 0.909 bits per heavy atom. The summed E-state index contributed by atoms with van der Waals surface area (Å²) < 4.78 is 14.4. The molecule has 0 atom stereocenters. The Morgan fingerprint density at radius 3 is 2.39 bits per heavy atom. The molecule has 0 fully saturated rings. The molecule has 0 unspecified atom stereocenters. The molecule has 0 bridgehead atoms. The summed E-state index contributed by atoms with van der Waals surface area (Å²) >= 11 is 5.87. The molecule has 0 saturated heterocycles. The minimum absolute atomic E-state index is 0.0231. The number of anilines is 1. The van der Waals surface area contributed by atoms with Crippen LogP contribution in [0.4, 0.5) is 10.2 Å². The second-order valence-corrected chi connectivity index (χ2v) is 7.97. The number of benzene rings is 3. The van der Waals surface area contributed by atoms with Crippen LogP contribution in [0.15, 0.2) is 79.0 Å². The highest BCUT2D eigenvalue weighted by Crippen LogP contribution is 2.37. The first kappa shape index (κ1) is 20.7. The van der Waals surface area contributed by atoms with E-state index >= 15 is 0 Å². The normalized spacial score (nSPS) is 11.1. The molecule has 4 N–H and O–H groups in total. The summed E-state index contributed by atoms with van der Waals surface area (Å²) in [6, 6.07) is 20.1. The van der Waals surface area contributed by atoms with Crippen molar-refractivity contribution in [2.75, 3.05) is 5.73 Å². The zero-order valence-corrected chi connectivity index (χ0v) is 17.9. The molecule has 0 aliphatic heterocycles. The number of halogens is 2. The molecule has 0 aliphatic rings. The van der Waals surface area contributed by atoms with Crippen molar-refractivity contribution in [3.63, 3.8) is 0 Å². The highest BCUT2D eigenvalue weighted by Gasteiger charge is 2.29. The zero-order chi connectivity index (χ0) is 23.1. The number of hydrogen-bond donors (Lipinski definition) is 3. The third-order valence-electron chi connectivity index (χ3n) is 5.56. The van der Waals surface area contributed by atoms with Gasteiger partial charge in [-0.05, 0) is 23.8 Å². The van der Waals surface area contributed by atoms with Crippen LogP contribution in [0.2, 0.25) is 5.02 Å². The average Bonchev–Trinajstić information content (AvgIpc) is 3.42. The number of carbonyl (C=O) groups is 2. The van der Waals surface area contributed by atoms with Gasteiger partial charge in [-0.2, -0.15) is 0 Å². The molecule has 33 heavy (non-hydrogen) atoms. The lowest BCUT2D eigenvalue weighted by atomic mass is 9.93. The maximum absolute atomic E-state index is 14.4. The van der Waals surface area contributed by atoms with E-state index in [1.54, 1.807) is 42.6 Å². The van der Waals surface area contributed by atoms with Gasteiger partial charge in [0.1, 0.15) is 11.6 Å². The number of H-pyrrole nitrogens is 2. The number of carbonyl (C=O) groups excluding carboxylic acids is 2. The fraction of sp³-hybridized carbons (Fsp3) is 0. The molecule has 0 radical (unpaired) electrons. The summed E-state index contributed by atoms with van der Waals surface area (Å²) in [7, 11) is 0. The van der Waals surface area contributed by atoms with Crippen LogP contribution >= 0.6 is 11.6 Å². The molecule has 162 valence electrons. The molecule has 2 heterocycles. The van der Waals surface area contributed by atoms with Gasteiger partial charge in [0.15, 0.2) is 5.78 Å². The van der Waals surface area contributed by atoms with Crippen molar-refractivity contribution < 1.29 is 14.0 Å². The zero-order valence-electron chi connectivity index (χ0n) is 17.2. The SMILES string of the molecule is Nc1[nH]c(C(=O)c2ccccc2)c(-c2ccc(Cl)c(F)c2)c1C(=O)c1c[nH]c2ccccc12. The van der Waals surface area contributed by atoms with Gasteiger partial charge >= 0.3 is 0 Å². The molecule has 7 heteroatoms. The van der Waals surface area contributed by atoms with E-state index in [9.17, 15) is 14.0 Å². The summed E-state index contributed by atoms with van der Waals surface area (Å²) in [6.45, 7) is 0. The second-order valence-electron chi connectivity index (χ2n) is 7.56. The van der Waals surface area contributed by atoms with Crippen LogP contribution < -0.4 is 5.73 Å².